The molecule has 0 saturated heterocycles. The van der Waals surface area contributed by atoms with Gasteiger partial charge >= 0.3 is 0 Å². The van der Waals surface area contributed by atoms with E-state index in [0.717, 1.165) is 27.7 Å². The summed E-state index contributed by atoms with van der Waals surface area (Å²) in [6, 6.07) is 54.3. The molecule has 196 valence electrons. The Morgan fingerprint density at radius 2 is 0.929 bits per heavy atom. The SMILES string of the molecule is [2H]c1ccc(-n2c3ccccc3c3ccc4c5ccccc5n(-c5ccc(-c6ccccc6)cc5)c4c32)c2ccccc12. The van der Waals surface area contributed by atoms with E-state index in [2.05, 4.69) is 149 Å². The fourth-order valence-electron chi connectivity index (χ4n) is 6.78. The minimum absolute atomic E-state index is 0.540. The van der Waals surface area contributed by atoms with E-state index in [1.807, 2.05) is 12.1 Å². The quantitative estimate of drug-likeness (QED) is 0.213. The largest absolute Gasteiger partial charge is 0.307 e. The number of hydrogen-bond donors (Lipinski definition) is 0. The maximum absolute atomic E-state index is 8.63. The van der Waals surface area contributed by atoms with Crippen molar-refractivity contribution in [1.82, 2.24) is 9.13 Å². The Balaban J connectivity index is 1.45. The van der Waals surface area contributed by atoms with Crippen molar-refractivity contribution in [3.05, 3.63) is 158 Å². The van der Waals surface area contributed by atoms with Crippen molar-refractivity contribution >= 4 is 54.4 Å². The van der Waals surface area contributed by atoms with Gasteiger partial charge in [-0.05, 0) is 46.8 Å². The summed E-state index contributed by atoms with van der Waals surface area (Å²) in [5.41, 5.74) is 9.31. The Kier molecular flexibility index (Phi) is 4.72. The lowest BCUT2D eigenvalue weighted by Crippen LogP contribution is -1.99. The molecule has 9 aromatic rings. The van der Waals surface area contributed by atoms with E-state index in [9.17, 15) is 0 Å². The number of benzene rings is 7. The van der Waals surface area contributed by atoms with Gasteiger partial charge in [-0.25, -0.2) is 0 Å². The van der Waals surface area contributed by atoms with Crippen molar-refractivity contribution in [2.24, 2.45) is 0 Å². The third kappa shape index (κ3) is 3.27. The van der Waals surface area contributed by atoms with Crippen LogP contribution in [0.3, 0.4) is 0 Å². The van der Waals surface area contributed by atoms with E-state index in [1.54, 1.807) is 0 Å². The van der Waals surface area contributed by atoms with Crippen LogP contribution in [0.4, 0.5) is 0 Å². The Morgan fingerprint density at radius 1 is 0.381 bits per heavy atom. The maximum atomic E-state index is 8.63. The van der Waals surface area contributed by atoms with E-state index in [1.165, 1.54) is 49.2 Å². The zero-order chi connectivity index (χ0) is 28.5. The molecule has 7 aromatic carbocycles. The van der Waals surface area contributed by atoms with Gasteiger partial charge in [-0.15, -0.1) is 0 Å². The first-order valence-electron chi connectivity index (χ1n) is 14.9. The number of nitrogens with zero attached hydrogens (tertiary/aromatic N) is 2. The summed E-state index contributed by atoms with van der Waals surface area (Å²) in [6.07, 6.45) is 0. The Labute approximate surface area is 244 Å². The van der Waals surface area contributed by atoms with E-state index >= 15 is 0 Å². The van der Waals surface area contributed by atoms with Gasteiger partial charge in [0.15, 0.2) is 0 Å². The van der Waals surface area contributed by atoms with Gasteiger partial charge in [-0.1, -0.05) is 127 Å². The molecule has 0 fully saturated rings. The van der Waals surface area contributed by atoms with E-state index in [0.29, 0.717) is 6.04 Å². The molecule has 2 heterocycles. The summed E-state index contributed by atoms with van der Waals surface area (Å²) >= 11 is 0. The molecule has 0 spiro atoms. The Morgan fingerprint density at radius 3 is 1.64 bits per heavy atom. The smallest absolute Gasteiger partial charge is 0.0789 e. The van der Waals surface area contributed by atoms with Gasteiger partial charge in [0, 0.05) is 32.6 Å². The van der Waals surface area contributed by atoms with Crippen LogP contribution < -0.4 is 0 Å². The summed E-state index contributed by atoms with van der Waals surface area (Å²) in [7, 11) is 0. The molecule has 2 nitrogen and oxygen atoms in total. The van der Waals surface area contributed by atoms with Crippen LogP contribution in [0.25, 0.3) is 76.9 Å². The minimum Gasteiger partial charge on any atom is -0.307 e. The molecule has 0 aliphatic heterocycles. The highest BCUT2D eigenvalue weighted by Gasteiger charge is 2.21. The number of hydrogen-bond acceptors (Lipinski definition) is 0. The van der Waals surface area contributed by atoms with Crippen LogP contribution in [0.2, 0.25) is 0 Å². The van der Waals surface area contributed by atoms with Crippen molar-refractivity contribution in [1.29, 1.82) is 0 Å². The highest BCUT2D eigenvalue weighted by Crippen LogP contribution is 2.42. The molecule has 0 aliphatic rings. The van der Waals surface area contributed by atoms with E-state index in [4.69, 9.17) is 1.37 Å². The standard InChI is InChI=1S/C40H26N2/c1-2-11-27(12-3-1)28-21-23-30(24-22-28)41-37-18-8-6-16-32(37)34-25-26-35-33-17-7-9-19-38(33)42(40(35)39(34)41)36-20-10-14-29-13-4-5-15-31(29)36/h1-26H/i14D. The molecular formula is C40H26N2. The highest BCUT2D eigenvalue weighted by molar-refractivity contribution is 6.24. The van der Waals surface area contributed by atoms with E-state index in [-0.39, 0.29) is 0 Å². The third-order valence-electron chi connectivity index (χ3n) is 8.63. The van der Waals surface area contributed by atoms with Crippen LogP contribution in [0.15, 0.2) is 158 Å². The molecule has 0 N–H and O–H groups in total. The molecule has 0 radical (unpaired) electrons. The minimum atomic E-state index is 0.540. The summed E-state index contributed by atoms with van der Waals surface area (Å²) < 4.78 is 13.5. The van der Waals surface area contributed by atoms with Gasteiger partial charge in [0.25, 0.3) is 0 Å². The van der Waals surface area contributed by atoms with Gasteiger partial charge in [-0.2, -0.15) is 0 Å². The molecule has 9 rings (SSSR count). The monoisotopic (exact) mass is 535 g/mol. The zero-order valence-electron chi connectivity index (χ0n) is 23.8. The van der Waals surface area contributed by atoms with Gasteiger partial charge in [0.05, 0.1) is 29.1 Å². The van der Waals surface area contributed by atoms with Gasteiger partial charge in [0.2, 0.25) is 0 Å². The first kappa shape index (κ1) is 22.1. The fourth-order valence-corrected chi connectivity index (χ4v) is 6.78. The normalized spacial score (nSPS) is 12.1. The van der Waals surface area contributed by atoms with Crippen molar-refractivity contribution in [3.8, 4) is 22.5 Å². The molecule has 0 aliphatic carbocycles. The predicted octanol–water partition coefficient (Wildman–Crippen LogP) is 10.7. The van der Waals surface area contributed by atoms with Crippen LogP contribution in [-0.2, 0) is 0 Å². The lowest BCUT2D eigenvalue weighted by molar-refractivity contribution is 1.16. The second-order valence-electron chi connectivity index (χ2n) is 10.9. The van der Waals surface area contributed by atoms with E-state index < -0.39 is 0 Å². The predicted molar refractivity (Wildman–Crippen MR) is 178 cm³/mol. The highest BCUT2D eigenvalue weighted by atomic mass is 15.0. The molecular weight excluding hydrogens is 508 g/mol. The summed E-state index contributed by atoms with van der Waals surface area (Å²) in [4.78, 5) is 0. The molecule has 42 heavy (non-hydrogen) atoms. The van der Waals surface area contributed by atoms with Crippen molar-refractivity contribution in [3.63, 3.8) is 0 Å². The lowest BCUT2D eigenvalue weighted by Gasteiger charge is -2.14. The maximum Gasteiger partial charge on any atom is 0.0789 e. The average molecular weight is 536 g/mol. The third-order valence-corrected chi connectivity index (χ3v) is 8.63. The average Bonchev–Trinajstić information content (AvgIpc) is 3.59. The molecule has 2 heteroatoms. The van der Waals surface area contributed by atoms with Crippen LogP contribution in [-0.4, -0.2) is 9.13 Å². The van der Waals surface area contributed by atoms with Crippen LogP contribution >= 0.6 is 0 Å². The first-order chi connectivity index (χ1) is 21.3. The van der Waals surface area contributed by atoms with Crippen molar-refractivity contribution in [2.45, 2.75) is 0 Å². The topological polar surface area (TPSA) is 9.86 Å². The van der Waals surface area contributed by atoms with Gasteiger partial charge in [0.1, 0.15) is 0 Å². The van der Waals surface area contributed by atoms with Crippen molar-refractivity contribution < 1.29 is 1.37 Å². The Hall–Kier alpha value is -5.60. The Bertz CT molecular complexity index is 2500. The summed E-state index contributed by atoms with van der Waals surface area (Å²) in [5.74, 6) is 0. The number of fused-ring (bicyclic) bond motifs is 8. The second-order valence-corrected chi connectivity index (χ2v) is 10.9. The molecule has 2 aromatic heterocycles. The lowest BCUT2D eigenvalue weighted by atomic mass is 10.1. The second kappa shape index (κ2) is 8.95. The molecule has 0 bridgehead atoms. The number of para-hydroxylation sites is 2. The van der Waals surface area contributed by atoms with Gasteiger partial charge in [-0.3, -0.25) is 0 Å². The number of rotatable bonds is 3. The van der Waals surface area contributed by atoms with Crippen LogP contribution in [0, 0.1) is 0 Å². The van der Waals surface area contributed by atoms with Crippen molar-refractivity contribution in [2.75, 3.05) is 0 Å². The first-order valence-corrected chi connectivity index (χ1v) is 14.4. The van der Waals surface area contributed by atoms with Crippen LogP contribution in [0.5, 0.6) is 0 Å². The summed E-state index contributed by atoms with van der Waals surface area (Å²) in [5, 5.41) is 6.91. The van der Waals surface area contributed by atoms with Gasteiger partial charge < -0.3 is 9.13 Å². The summed E-state index contributed by atoms with van der Waals surface area (Å²) in [6.45, 7) is 0. The molecule has 0 saturated carbocycles. The molecule has 0 atom stereocenters. The zero-order valence-corrected chi connectivity index (χ0v) is 22.8. The molecule has 0 unspecified atom stereocenters. The van der Waals surface area contributed by atoms with Crippen LogP contribution in [0.1, 0.15) is 1.37 Å². The fraction of sp³-hybridized carbons (Fsp3) is 0. The number of aromatic nitrogens is 2. The molecule has 0 amide bonds.